The molecule has 0 nitrogen and oxygen atoms in total. The summed E-state index contributed by atoms with van der Waals surface area (Å²) in [6.45, 7) is 11.0. The molecule has 0 radical (unpaired) electrons. The molecule has 18 heavy (non-hydrogen) atoms. The highest BCUT2D eigenvalue weighted by atomic mass is 14.3. The molecule has 0 bridgehead atoms. The van der Waals surface area contributed by atoms with Crippen LogP contribution in [0.15, 0.2) is 0 Å². The van der Waals surface area contributed by atoms with E-state index in [9.17, 15) is 0 Å². The predicted octanol–water partition coefficient (Wildman–Crippen LogP) is 6.98. The Morgan fingerprint density at radius 1 is 0.889 bits per heavy atom. The van der Waals surface area contributed by atoms with Crippen molar-refractivity contribution in [2.75, 3.05) is 0 Å². The van der Waals surface area contributed by atoms with Crippen LogP contribution < -0.4 is 0 Å². The summed E-state index contributed by atoms with van der Waals surface area (Å²) in [6.07, 6.45) is 16.3. The van der Waals surface area contributed by atoms with Crippen molar-refractivity contribution in [3.8, 4) is 0 Å². The molecule has 2 aliphatic carbocycles. The van der Waals surface area contributed by atoms with Gasteiger partial charge in [-0.3, -0.25) is 0 Å². The minimum Gasteiger partial charge on any atom is -0.0683 e. The van der Waals surface area contributed by atoms with Gasteiger partial charge in [0.2, 0.25) is 0 Å². The molecule has 0 unspecified atom stereocenters. The SMILES string of the molecule is CC.CC1(C)CCCC1.CCCCC1CCCC1. The third-order valence-corrected chi connectivity index (χ3v) is 4.40. The lowest BCUT2D eigenvalue weighted by atomic mass is 9.92. The highest BCUT2D eigenvalue weighted by Crippen LogP contribution is 2.36. The van der Waals surface area contributed by atoms with Gasteiger partial charge in [0.25, 0.3) is 0 Å². The van der Waals surface area contributed by atoms with Crippen molar-refractivity contribution in [3.63, 3.8) is 0 Å². The second kappa shape index (κ2) is 10.9. The molecule has 0 spiro atoms. The van der Waals surface area contributed by atoms with E-state index in [-0.39, 0.29) is 0 Å². The highest BCUT2D eigenvalue weighted by molar-refractivity contribution is 4.74. The zero-order valence-corrected chi connectivity index (χ0v) is 13.9. The quantitative estimate of drug-likeness (QED) is 0.509. The van der Waals surface area contributed by atoms with E-state index in [4.69, 9.17) is 0 Å². The van der Waals surface area contributed by atoms with Crippen molar-refractivity contribution in [2.45, 2.75) is 105 Å². The van der Waals surface area contributed by atoms with Crippen molar-refractivity contribution in [1.29, 1.82) is 0 Å². The molecule has 0 heteroatoms. The van der Waals surface area contributed by atoms with E-state index < -0.39 is 0 Å². The second-order valence-corrected chi connectivity index (χ2v) is 6.66. The Balaban J connectivity index is 0.000000289. The predicted molar refractivity (Wildman–Crippen MR) is 85.1 cm³/mol. The Kier molecular flexibility index (Phi) is 10.9. The van der Waals surface area contributed by atoms with E-state index >= 15 is 0 Å². The van der Waals surface area contributed by atoms with Gasteiger partial charge >= 0.3 is 0 Å². The molecule has 0 atom stereocenters. The van der Waals surface area contributed by atoms with Crippen molar-refractivity contribution in [3.05, 3.63) is 0 Å². The number of hydrogen-bond acceptors (Lipinski definition) is 0. The summed E-state index contributed by atoms with van der Waals surface area (Å²) >= 11 is 0. The second-order valence-electron chi connectivity index (χ2n) is 6.66. The van der Waals surface area contributed by atoms with E-state index in [0.717, 1.165) is 5.92 Å². The molecule has 0 aromatic carbocycles. The number of rotatable bonds is 3. The molecule has 0 N–H and O–H groups in total. The smallest absolute Gasteiger partial charge is 0.0354 e. The third-order valence-electron chi connectivity index (χ3n) is 4.40. The largest absolute Gasteiger partial charge is 0.0683 e. The average molecular weight is 255 g/mol. The lowest BCUT2D eigenvalue weighted by Crippen LogP contribution is -2.01. The molecular formula is C18H38. The lowest BCUT2D eigenvalue weighted by Gasteiger charge is -2.13. The summed E-state index contributed by atoms with van der Waals surface area (Å²) in [4.78, 5) is 0. The van der Waals surface area contributed by atoms with Crippen LogP contribution in [0.3, 0.4) is 0 Å². The normalized spacial score (nSPS) is 21.8. The van der Waals surface area contributed by atoms with Gasteiger partial charge in [-0.25, -0.2) is 0 Å². The maximum atomic E-state index is 2.36. The van der Waals surface area contributed by atoms with Gasteiger partial charge in [-0.2, -0.15) is 0 Å². The molecule has 0 saturated heterocycles. The summed E-state index contributed by atoms with van der Waals surface area (Å²) < 4.78 is 0. The zero-order valence-electron chi connectivity index (χ0n) is 13.9. The first-order chi connectivity index (χ1) is 8.64. The van der Waals surface area contributed by atoms with E-state index in [2.05, 4.69) is 20.8 Å². The van der Waals surface area contributed by atoms with Gasteiger partial charge in [-0.05, 0) is 24.2 Å². The van der Waals surface area contributed by atoms with Crippen molar-refractivity contribution >= 4 is 0 Å². The fourth-order valence-corrected chi connectivity index (χ4v) is 3.12. The van der Waals surface area contributed by atoms with Crippen LogP contribution in [0, 0.1) is 11.3 Å². The molecule has 0 aliphatic heterocycles. The Labute approximate surface area is 117 Å². The lowest BCUT2D eigenvalue weighted by molar-refractivity contribution is 0.382. The van der Waals surface area contributed by atoms with Gasteiger partial charge in [0, 0.05) is 0 Å². The van der Waals surface area contributed by atoms with E-state index in [0.29, 0.717) is 5.41 Å². The van der Waals surface area contributed by atoms with Crippen molar-refractivity contribution in [2.24, 2.45) is 11.3 Å². The Hall–Kier alpha value is 0. The van der Waals surface area contributed by atoms with Crippen LogP contribution in [-0.4, -0.2) is 0 Å². The fraction of sp³-hybridized carbons (Fsp3) is 1.00. The first-order valence-corrected chi connectivity index (χ1v) is 8.64. The maximum absolute atomic E-state index is 2.36. The standard InChI is InChI=1S/C9H18.C7H14.C2H6/c1-2-3-6-9-7-4-5-8-9;1-7(2)5-3-4-6-7;1-2/h9H,2-8H2,1H3;3-6H2,1-2H3;1-2H3. The van der Waals surface area contributed by atoms with E-state index in [1.165, 1.54) is 70.6 Å². The molecular weight excluding hydrogens is 216 g/mol. The van der Waals surface area contributed by atoms with Crippen LogP contribution in [0.2, 0.25) is 0 Å². The summed E-state index contributed by atoms with van der Waals surface area (Å²) in [5, 5.41) is 0. The number of unbranched alkanes of at least 4 members (excludes halogenated alkanes) is 1. The molecule has 0 heterocycles. The van der Waals surface area contributed by atoms with Gasteiger partial charge < -0.3 is 0 Å². The van der Waals surface area contributed by atoms with Crippen LogP contribution in [0.5, 0.6) is 0 Å². The summed E-state index contributed by atoms with van der Waals surface area (Å²) in [5.41, 5.74) is 0.694. The van der Waals surface area contributed by atoms with Gasteiger partial charge in [0.05, 0.1) is 0 Å². The first kappa shape index (κ1) is 18.0. The van der Waals surface area contributed by atoms with Crippen molar-refractivity contribution in [1.82, 2.24) is 0 Å². The van der Waals surface area contributed by atoms with E-state index in [1.807, 2.05) is 13.8 Å². The summed E-state index contributed by atoms with van der Waals surface area (Å²) in [7, 11) is 0. The minimum absolute atomic E-state index is 0.694. The van der Waals surface area contributed by atoms with Gasteiger partial charge in [-0.15, -0.1) is 0 Å². The summed E-state index contributed by atoms with van der Waals surface area (Å²) in [6, 6.07) is 0. The Morgan fingerprint density at radius 3 is 1.72 bits per heavy atom. The molecule has 0 amide bonds. The van der Waals surface area contributed by atoms with Crippen LogP contribution in [0.25, 0.3) is 0 Å². The topological polar surface area (TPSA) is 0 Å². The molecule has 110 valence electrons. The highest BCUT2D eigenvalue weighted by Gasteiger charge is 2.21. The van der Waals surface area contributed by atoms with Crippen LogP contribution in [-0.2, 0) is 0 Å². The first-order valence-electron chi connectivity index (χ1n) is 8.64. The monoisotopic (exact) mass is 254 g/mol. The van der Waals surface area contributed by atoms with Crippen LogP contribution in [0.4, 0.5) is 0 Å². The fourth-order valence-electron chi connectivity index (χ4n) is 3.12. The van der Waals surface area contributed by atoms with Crippen LogP contribution >= 0.6 is 0 Å². The van der Waals surface area contributed by atoms with Crippen molar-refractivity contribution < 1.29 is 0 Å². The van der Waals surface area contributed by atoms with Crippen LogP contribution in [0.1, 0.15) is 105 Å². The van der Waals surface area contributed by atoms with E-state index in [1.54, 1.807) is 0 Å². The maximum Gasteiger partial charge on any atom is -0.0354 e. The number of hydrogen-bond donors (Lipinski definition) is 0. The van der Waals surface area contributed by atoms with Gasteiger partial charge in [0.1, 0.15) is 0 Å². The average Bonchev–Trinajstić information content (AvgIpc) is 3.01. The Bertz CT molecular complexity index is 155. The molecule has 2 aliphatic rings. The molecule has 2 saturated carbocycles. The summed E-state index contributed by atoms with van der Waals surface area (Å²) in [5.74, 6) is 1.12. The Morgan fingerprint density at radius 2 is 1.39 bits per heavy atom. The van der Waals surface area contributed by atoms with Gasteiger partial charge in [-0.1, -0.05) is 92.4 Å². The molecule has 0 aromatic rings. The molecule has 2 fully saturated rings. The molecule has 2 rings (SSSR count). The third kappa shape index (κ3) is 9.00. The van der Waals surface area contributed by atoms with Gasteiger partial charge in [0.15, 0.2) is 0 Å². The molecule has 0 aromatic heterocycles. The zero-order chi connectivity index (χ0) is 13.9. The minimum atomic E-state index is 0.694.